The Kier molecular flexibility index (Phi) is 14.8. The third-order valence-electron chi connectivity index (χ3n) is 5.01. The number of hydrogen-bond donors (Lipinski definition) is 1. The molecule has 13 heteroatoms. The van der Waals surface area contributed by atoms with Crippen LogP contribution in [-0.2, 0) is 52.5 Å². The van der Waals surface area contributed by atoms with Crippen LogP contribution >= 0.6 is 0 Å². The summed E-state index contributed by atoms with van der Waals surface area (Å²) in [7, 11) is 0. The molecule has 0 saturated carbocycles. The SMILES string of the molecule is Nc1cnn(CCOC2CCCCO2)c1.O=[N+]([O-])c1cnn(CCOC2CCCCO2)c1.[CH3-].[HH].[Pd]. The number of nitrogens with zero attached hydrogens (tertiary/aromatic N) is 5. The van der Waals surface area contributed by atoms with Gasteiger partial charge < -0.3 is 32.1 Å². The normalized spacial score (nSPS) is 19.8. The number of nitrogens with two attached hydrogens (primary N) is 1. The van der Waals surface area contributed by atoms with Crippen LogP contribution in [0.1, 0.15) is 40.0 Å². The molecule has 2 N–H and O–H groups in total. The minimum atomic E-state index is -0.464. The van der Waals surface area contributed by atoms with Gasteiger partial charge in [-0.05, 0) is 38.5 Å². The van der Waals surface area contributed by atoms with E-state index in [0.29, 0.717) is 25.4 Å². The van der Waals surface area contributed by atoms with Crippen LogP contribution in [0.15, 0.2) is 24.8 Å². The van der Waals surface area contributed by atoms with Crippen molar-refractivity contribution in [1.82, 2.24) is 19.6 Å². The summed E-state index contributed by atoms with van der Waals surface area (Å²) in [4.78, 5) is 9.97. The van der Waals surface area contributed by atoms with Gasteiger partial charge in [0.25, 0.3) is 0 Å². The molecule has 4 rings (SSSR count). The molecule has 2 aromatic heterocycles. The van der Waals surface area contributed by atoms with E-state index in [2.05, 4.69) is 10.2 Å². The van der Waals surface area contributed by atoms with Crippen LogP contribution < -0.4 is 5.73 Å². The molecule has 0 bridgehead atoms. The van der Waals surface area contributed by atoms with Crippen LogP contribution in [0, 0.1) is 17.5 Å². The third-order valence-corrected chi connectivity index (χ3v) is 5.01. The number of hydrogen-bond acceptors (Lipinski definition) is 9. The van der Waals surface area contributed by atoms with E-state index in [0.717, 1.165) is 51.9 Å². The summed E-state index contributed by atoms with van der Waals surface area (Å²) < 4.78 is 25.2. The Balaban J connectivity index is 0.000000612. The second-order valence-electron chi connectivity index (χ2n) is 7.59. The predicted molar refractivity (Wildman–Crippen MR) is 123 cm³/mol. The van der Waals surface area contributed by atoms with Crippen molar-refractivity contribution in [2.75, 3.05) is 32.2 Å². The van der Waals surface area contributed by atoms with Gasteiger partial charge in [-0.2, -0.15) is 10.2 Å². The maximum atomic E-state index is 10.4. The molecule has 4 heterocycles. The number of nitro groups is 1. The van der Waals surface area contributed by atoms with Crippen LogP contribution in [-0.4, -0.2) is 63.5 Å². The van der Waals surface area contributed by atoms with E-state index in [1.165, 1.54) is 23.5 Å². The number of anilines is 1. The largest absolute Gasteiger partial charge is 0.396 e. The minimum Gasteiger partial charge on any atom is -0.396 e. The first-order valence-electron chi connectivity index (χ1n) is 11.0. The minimum absolute atomic E-state index is 0. The second kappa shape index (κ2) is 16.7. The summed E-state index contributed by atoms with van der Waals surface area (Å²) >= 11 is 0. The number of aromatic nitrogens is 4. The Hall–Kier alpha value is -1.88. The Morgan fingerprint density at radius 1 is 1.00 bits per heavy atom. The fourth-order valence-electron chi connectivity index (χ4n) is 3.31. The zero-order valence-electron chi connectivity index (χ0n) is 19.5. The average Bonchev–Trinajstić information content (AvgIpc) is 3.45. The van der Waals surface area contributed by atoms with Crippen LogP contribution in [0.3, 0.4) is 0 Å². The number of ether oxygens (including phenoxy) is 4. The zero-order chi connectivity index (χ0) is 22.6. The molecular weight excluding hydrogens is 539 g/mol. The van der Waals surface area contributed by atoms with Crippen molar-refractivity contribution < 1.29 is 45.7 Å². The summed E-state index contributed by atoms with van der Waals surface area (Å²) in [5.74, 6) is 0. The van der Waals surface area contributed by atoms with Gasteiger partial charge in [-0.1, -0.05) is 0 Å². The molecule has 2 aliphatic rings. The molecule has 2 fully saturated rings. The van der Waals surface area contributed by atoms with Gasteiger partial charge in [0.1, 0.15) is 12.4 Å². The van der Waals surface area contributed by atoms with E-state index in [9.17, 15) is 10.1 Å². The first-order valence-corrected chi connectivity index (χ1v) is 11.0. The Bertz CT molecular complexity index is 814. The smallest absolute Gasteiger partial charge is 0.306 e. The average molecular weight is 576 g/mol. The molecule has 2 unspecified atom stereocenters. The van der Waals surface area contributed by atoms with Gasteiger partial charge in [0.2, 0.25) is 0 Å². The van der Waals surface area contributed by atoms with E-state index in [-0.39, 0.29) is 47.5 Å². The molecule has 0 spiro atoms. The van der Waals surface area contributed by atoms with E-state index < -0.39 is 4.92 Å². The summed E-state index contributed by atoms with van der Waals surface area (Å²) in [5, 5.41) is 18.4. The van der Waals surface area contributed by atoms with Gasteiger partial charge in [0.15, 0.2) is 12.6 Å². The Morgan fingerprint density at radius 3 is 1.94 bits per heavy atom. The topological polar surface area (TPSA) is 142 Å². The van der Waals surface area contributed by atoms with Crippen LogP contribution in [0.4, 0.5) is 11.4 Å². The van der Waals surface area contributed by atoms with Crippen molar-refractivity contribution >= 4 is 11.4 Å². The van der Waals surface area contributed by atoms with Crippen molar-refractivity contribution in [3.05, 3.63) is 42.3 Å². The van der Waals surface area contributed by atoms with Gasteiger partial charge in [-0.3, -0.25) is 19.5 Å². The molecule has 2 aliphatic heterocycles. The molecule has 0 amide bonds. The Morgan fingerprint density at radius 2 is 1.53 bits per heavy atom. The van der Waals surface area contributed by atoms with Crippen LogP contribution in [0.5, 0.6) is 0 Å². The summed E-state index contributed by atoms with van der Waals surface area (Å²) in [6.07, 6.45) is 12.4. The molecule has 0 radical (unpaired) electrons. The predicted octanol–water partition coefficient (Wildman–Crippen LogP) is 3.04. The van der Waals surface area contributed by atoms with Crippen molar-refractivity contribution in [1.29, 1.82) is 0 Å². The van der Waals surface area contributed by atoms with E-state index in [4.69, 9.17) is 24.7 Å². The summed E-state index contributed by atoms with van der Waals surface area (Å²) in [5.41, 5.74) is 6.23. The molecule has 0 aromatic carbocycles. The van der Waals surface area contributed by atoms with Crippen molar-refractivity contribution in [2.45, 2.75) is 64.2 Å². The maximum absolute atomic E-state index is 10.4. The molecule has 0 aliphatic carbocycles. The van der Waals surface area contributed by atoms with Gasteiger partial charge in [-0.15, -0.1) is 0 Å². The van der Waals surface area contributed by atoms with E-state index in [1.807, 2.05) is 0 Å². The maximum Gasteiger partial charge on any atom is 0.306 e. The third kappa shape index (κ3) is 11.0. The molecule has 2 aromatic rings. The zero-order valence-corrected chi connectivity index (χ0v) is 21.1. The second-order valence-corrected chi connectivity index (χ2v) is 7.59. The number of rotatable bonds is 9. The molecule has 12 nitrogen and oxygen atoms in total. The standard InChI is InChI=1S/C10H15N3O4.C10H17N3O2.CH3.Pd.H2/c14-13(15)9-7-11-12(8-9)4-6-17-10-3-1-2-5-16-10;11-9-7-12-13(8-9)4-6-15-10-3-1-2-5-14-10;;;/h7-8,10H,1-6H2;7-8,10H,1-6,11H2;1H3;;1H/q;;-1;;. The summed E-state index contributed by atoms with van der Waals surface area (Å²) in [6, 6.07) is 0. The molecule has 34 heavy (non-hydrogen) atoms. The van der Waals surface area contributed by atoms with E-state index in [1.54, 1.807) is 17.1 Å². The molecule has 2 atom stereocenters. The number of nitrogen functional groups attached to an aromatic ring is 1. The van der Waals surface area contributed by atoms with Gasteiger partial charge in [-0.25, -0.2) is 0 Å². The molecular formula is C21H37N6O6Pd-. The monoisotopic (exact) mass is 575 g/mol. The van der Waals surface area contributed by atoms with Crippen molar-refractivity contribution in [2.24, 2.45) is 0 Å². The van der Waals surface area contributed by atoms with E-state index >= 15 is 0 Å². The van der Waals surface area contributed by atoms with Gasteiger partial charge >= 0.3 is 5.69 Å². The fraction of sp³-hybridized carbons (Fsp3) is 0.667. The van der Waals surface area contributed by atoms with Gasteiger partial charge in [0.05, 0.1) is 43.1 Å². The fourth-order valence-corrected chi connectivity index (χ4v) is 3.31. The first-order chi connectivity index (χ1) is 15.6. The van der Waals surface area contributed by atoms with Crippen molar-refractivity contribution in [3.8, 4) is 0 Å². The van der Waals surface area contributed by atoms with Crippen LogP contribution in [0.25, 0.3) is 0 Å². The van der Waals surface area contributed by atoms with Gasteiger partial charge in [0, 0.05) is 41.3 Å². The van der Waals surface area contributed by atoms with Crippen LogP contribution in [0.2, 0.25) is 0 Å². The summed E-state index contributed by atoms with van der Waals surface area (Å²) in [6.45, 7) is 3.84. The van der Waals surface area contributed by atoms with Crippen molar-refractivity contribution in [3.63, 3.8) is 0 Å². The molecule has 2 saturated heterocycles. The first kappa shape index (κ1) is 30.2. The quantitative estimate of drug-likeness (QED) is 0.207. The molecule has 198 valence electrons. The Labute approximate surface area is 215 Å².